The number of hydrogen-bond donors (Lipinski definition) is 2. The van der Waals surface area contributed by atoms with Crippen molar-refractivity contribution in [2.24, 2.45) is 5.73 Å². The number of imide groups is 1. The van der Waals surface area contributed by atoms with E-state index in [9.17, 15) is 14.4 Å². The van der Waals surface area contributed by atoms with E-state index in [-0.39, 0.29) is 11.8 Å². The largest absolute Gasteiger partial charge is 0.368 e. The van der Waals surface area contributed by atoms with Gasteiger partial charge in [0.25, 0.3) is 0 Å². The number of likely N-dealkylation sites (N-methyl/N-ethyl adjacent to an activating group) is 1. The normalized spacial score (nSPS) is 19.5. The Morgan fingerprint density at radius 1 is 1.41 bits per heavy atom. The van der Waals surface area contributed by atoms with Gasteiger partial charge in [0, 0.05) is 19.4 Å². The summed E-state index contributed by atoms with van der Waals surface area (Å²) in [4.78, 5) is 35.2. The maximum absolute atomic E-state index is 11.3. The van der Waals surface area contributed by atoms with Gasteiger partial charge in [0.2, 0.25) is 17.7 Å². The average molecular weight is 241 g/mol. The Bertz CT molecular complexity index is 327. The molecular weight excluding hydrogens is 222 g/mol. The maximum Gasteiger partial charge on any atom is 0.237 e. The van der Waals surface area contributed by atoms with Gasteiger partial charge in [0.1, 0.15) is 0 Å². The highest BCUT2D eigenvalue weighted by molar-refractivity contribution is 6.01. The molecule has 1 aliphatic rings. The number of hydrogen-bond acceptors (Lipinski definition) is 4. The van der Waals surface area contributed by atoms with E-state index in [2.05, 4.69) is 5.32 Å². The smallest absolute Gasteiger partial charge is 0.237 e. The Kier molecular flexibility index (Phi) is 4.22. The molecule has 1 heterocycles. The van der Waals surface area contributed by atoms with Gasteiger partial charge < -0.3 is 11.1 Å². The van der Waals surface area contributed by atoms with E-state index in [4.69, 9.17) is 5.73 Å². The Hall–Kier alpha value is -1.43. The molecule has 1 aliphatic heterocycles. The molecule has 1 unspecified atom stereocenters. The molecule has 3 N–H and O–H groups in total. The predicted octanol–water partition coefficient (Wildman–Crippen LogP) is -0.621. The summed E-state index contributed by atoms with van der Waals surface area (Å²) in [6, 6.07) is 0. The van der Waals surface area contributed by atoms with Gasteiger partial charge >= 0.3 is 0 Å². The number of carbonyl (C=O) groups is 3. The number of nitrogens with zero attached hydrogens (tertiary/aromatic N) is 1. The molecule has 6 heteroatoms. The molecule has 1 rings (SSSR count). The summed E-state index contributed by atoms with van der Waals surface area (Å²) in [5.74, 6) is -0.681. The van der Waals surface area contributed by atoms with Gasteiger partial charge in [-0.05, 0) is 26.8 Å². The van der Waals surface area contributed by atoms with Crippen molar-refractivity contribution in [2.45, 2.75) is 38.1 Å². The van der Waals surface area contributed by atoms with E-state index in [1.807, 2.05) is 0 Å². The zero-order valence-electron chi connectivity index (χ0n) is 10.3. The van der Waals surface area contributed by atoms with E-state index >= 15 is 0 Å². The molecule has 0 aromatic heterocycles. The topological polar surface area (TPSA) is 92.5 Å². The van der Waals surface area contributed by atoms with Crippen LogP contribution >= 0.6 is 0 Å². The summed E-state index contributed by atoms with van der Waals surface area (Å²) in [7, 11) is 1.66. The van der Waals surface area contributed by atoms with Crippen LogP contribution in [-0.4, -0.2) is 41.8 Å². The zero-order valence-corrected chi connectivity index (χ0v) is 10.3. The molecule has 0 aromatic carbocycles. The molecule has 0 aromatic rings. The number of rotatable bonds is 6. The van der Waals surface area contributed by atoms with E-state index in [0.717, 1.165) is 0 Å². The summed E-state index contributed by atoms with van der Waals surface area (Å²) in [6.07, 6.45) is 1.67. The van der Waals surface area contributed by atoms with Crippen molar-refractivity contribution in [1.29, 1.82) is 0 Å². The lowest BCUT2D eigenvalue weighted by Crippen LogP contribution is -2.51. The predicted molar refractivity (Wildman–Crippen MR) is 61.8 cm³/mol. The monoisotopic (exact) mass is 241 g/mol. The lowest BCUT2D eigenvalue weighted by molar-refractivity contribution is -0.138. The third kappa shape index (κ3) is 3.03. The van der Waals surface area contributed by atoms with Gasteiger partial charge in [-0.1, -0.05) is 0 Å². The summed E-state index contributed by atoms with van der Waals surface area (Å²) in [5.41, 5.74) is 4.50. The van der Waals surface area contributed by atoms with Gasteiger partial charge in [-0.3, -0.25) is 19.3 Å². The van der Waals surface area contributed by atoms with Crippen molar-refractivity contribution in [3.63, 3.8) is 0 Å². The van der Waals surface area contributed by atoms with Gasteiger partial charge in [0.05, 0.1) is 5.54 Å². The van der Waals surface area contributed by atoms with Crippen LogP contribution in [0.5, 0.6) is 0 Å². The molecule has 3 amide bonds. The molecule has 0 bridgehead atoms. The fraction of sp³-hybridized carbons (Fsp3) is 0.727. The third-order valence-electron chi connectivity index (χ3n) is 3.31. The van der Waals surface area contributed by atoms with Crippen LogP contribution in [0.2, 0.25) is 0 Å². The second-order valence-electron chi connectivity index (χ2n) is 4.49. The second-order valence-corrected chi connectivity index (χ2v) is 4.49. The molecule has 96 valence electrons. The quantitative estimate of drug-likeness (QED) is 0.606. The first kappa shape index (κ1) is 13.6. The van der Waals surface area contributed by atoms with Crippen molar-refractivity contribution in [1.82, 2.24) is 10.2 Å². The number of likely N-dealkylation sites (tertiary alicyclic amines) is 1. The first-order valence-corrected chi connectivity index (χ1v) is 5.73. The minimum absolute atomic E-state index is 0.125. The Morgan fingerprint density at radius 2 is 1.94 bits per heavy atom. The molecule has 1 fully saturated rings. The molecule has 0 aliphatic carbocycles. The molecule has 0 saturated carbocycles. The highest BCUT2D eigenvalue weighted by Crippen LogP contribution is 2.16. The average Bonchev–Trinajstić information content (AvgIpc) is 2.59. The Labute approximate surface area is 101 Å². The third-order valence-corrected chi connectivity index (χ3v) is 3.31. The second kappa shape index (κ2) is 5.27. The standard InChI is InChI=1S/C11H19N3O3/c1-11(13-2,10(12)17)6-3-7-14-8(15)4-5-9(14)16/h13H,3-7H2,1-2H3,(H2,12,17). The number of nitrogens with one attached hydrogen (secondary N) is 1. The van der Waals surface area contributed by atoms with Crippen LogP contribution < -0.4 is 11.1 Å². The van der Waals surface area contributed by atoms with Crippen LogP contribution in [-0.2, 0) is 14.4 Å². The maximum atomic E-state index is 11.3. The van der Waals surface area contributed by atoms with Crippen LogP contribution in [0.4, 0.5) is 0 Å². The fourth-order valence-electron chi connectivity index (χ4n) is 1.83. The summed E-state index contributed by atoms with van der Waals surface area (Å²) in [6.45, 7) is 2.07. The van der Waals surface area contributed by atoms with Gasteiger partial charge in [-0.25, -0.2) is 0 Å². The number of amides is 3. The zero-order chi connectivity index (χ0) is 13.1. The van der Waals surface area contributed by atoms with E-state index in [0.29, 0.717) is 32.2 Å². The molecule has 0 radical (unpaired) electrons. The fourth-order valence-corrected chi connectivity index (χ4v) is 1.83. The lowest BCUT2D eigenvalue weighted by atomic mass is 9.95. The summed E-state index contributed by atoms with van der Waals surface area (Å²) in [5, 5.41) is 2.86. The minimum atomic E-state index is -0.786. The highest BCUT2D eigenvalue weighted by Gasteiger charge is 2.31. The van der Waals surface area contributed by atoms with E-state index in [1.165, 1.54) is 4.90 Å². The lowest BCUT2D eigenvalue weighted by Gasteiger charge is -2.26. The first-order valence-electron chi connectivity index (χ1n) is 5.73. The van der Waals surface area contributed by atoms with Crippen molar-refractivity contribution in [2.75, 3.05) is 13.6 Å². The molecule has 0 spiro atoms. The number of primary amides is 1. The SMILES string of the molecule is CNC(C)(CCCN1C(=O)CCC1=O)C(N)=O. The van der Waals surface area contributed by atoms with Gasteiger partial charge in [-0.15, -0.1) is 0 Å². The van der Waals surface area contributed by atoms with E-state index in [1.54, 1.807) is 14.0 Å². The molecule has 1 saturated heterocycles. The van der Waals surface area contributed by atoms with Crippen molar-refractivity contribution in [3.8, 4) is 0 Å². The highest BCUT2D eigenvalue weighted by atomic mass is 16.2. The molecular formula is C11H19N3O3. The minimum Gasteiger partial charge on any atom is -0.368 e. The summed E-state index contributed by atoms with van der Waals surface area (Å²) < 4.78 is 0. The van der Waals surface area contributed by atoms with Crippen LogP contribution in [0.15, 0.2) is 0 Å². The van der Waals surface area contributed by atoms with Crippen molar-refractivity contribution < 1.29 is 14.4 Å². The number of nitrogens with two attached hydrogens (primary N) is 1. The van der Waals surface area contributed by atoms with E-state index < -0.39 is 11.4 Å². The Balaban J connectivity index is 2.44. The van der Waals surface area contributed by atoms with Crippen LogP contribution in [0.25, 0.3) is 0 Å². The van der Waals surface area contributed by atoms with Crippen molar-refractivity contribution in [3.05, 3.63) is 0 Å². The van der Waals surface area contributed by atoms with Gasteiger partial charge in [0.15, 0.2) is 0 Å². The van der Waals surface area contributed by atoms with Gasteiger partial charge in [-0.2, -0.15) is 0 Å². The van der Waals surface area contributed by atoms with Crippen molar-refractivity contribution >= 4 is 17.7 Å². The number of carbonyl (C=O) groups excluding carboxylic acids is 3. The van der Waals surface area contributed by atoms with Crippen LogP contribution in [0, 0.1) is 0 Å². The Morgan fingerprint density at radius 3 is 2.35 bits per heavy atom. The van der Waals surface area contributed by atoms with Crippen LogP contribution in [0.1, 0.15) is 32.6 Å². The first-order chi connectivity index (χ1) is 7.90. The van der Waals surface area contributed by atoms with Crippen LogP contribution in [0.3, 0.4) is 0 Å². The molecule has 17 heavy (non-hydrogen) atoms. The molecule has 6 nitrogen and oxygen atoms in total. The molecule has 1 atom stereocenters. The summed E-state index contributed by atoms with van der Waals surface area (Å²) >= 11 is 0.